The second-order valence-electron chi connectivity index (χ2n) is 6.18. The van der Waals surface area contributed by atoms with Crippen LogP contribution in [0.2, 0.25) is 0 Å². The molecule has 0 saturated carbocycles. The molecule has 0 N–H and O–H groups in total. The van der Waals surface area contributed by atoms with Crippen LogP contribution < -0.4 is 5.56 Å². The van der Waals surface area contributed by atoms with Crippen LogP contribution in [0.5, 0.6) is 0 Å². The Morgan fingerprint density at radius 1 is 1.21 bits per heavy atom. The van der Waals surface area contributed by atoms with Gasteiger partial charge in [0, 0.05) is 0 Å². The van der Waals surface area contributed by atoms with Gasteiger partial charge >= 0.3 is 11.9 Å². The number of thiophene rings is 1. The van der Waals surface area contributed by atoms with Gasteiger partial charge in [0.2, 0.25) is 0 Å². The number of aromatic nitrogens is 2. The molecule has 0 aliphatic carbocycles. The zero-order valence-electron chi connectivity index (χ0n) is 15.8. The summed E-state index contributed by atoms with van der Waals surface area (Å²) in [5.74, 6) is -1.02. The summed E-state index contributed by atoms with van der Waals surface area (Å²) in [4.78, 5) is 42.4. The molecular formula is C20H20N2O5S. The number of carbonyl (C=O) groups excluding carboxylic acids is 2. The van der Waals surface area contributed by atoms with E-state index in [9.17, 15) is 14.4 Å². The van der Waals surface area contributed by atoms with E-state index in [1.165, 1.54) is 10.9 Å². The summed E-state index contributed by atoms with van der Waals surface area (Å²) in [5.41, 5.74) is 0.977. The van der Waals surface area contributed by atoms with E-state index in [0.717, 1.165) is 16.9 Å². The van der Waals surface area contributed by atoms with Crippen molar-refractivity contribution in [1.29, 1.82) is 0 Å². The molecule has 1 atom stereocenters. The molecular weight excluding hydrogens is 380 g/mol. The molecule has 0 spiro atoms. The lowest BCUT2D eigenvalue weighted by Crippen LogP contribution is -2.29. The lowest BCUT2D eigenvalue weighted by Gasteiger charge is -2.14. The lowest BCUT2D eigenvalue weighted by atomic mass is 10.2. The highest BCUT2D eigenvalue weighted by molar-refractivity contribution is 7.20. The Kier molecular flexibility index (Phi) is 5.89. The molecule has 0 aliphatic rings. The topological polar surface area (TPSA) is 87.5 Å². The molecule has 0 amide bonds. The van der Waals surface area contributed by atoms with Crippen molar-refractivity contribution in [2.75, 3.05) is 6.61 Å². The Morgan fingerprint density at radius 3 is 2.61 bits per heavy atom. The highest BCUT2D eigenvalue weighted by Gasteiger charge is 2.24. The average Bonchev–Trinajstić information content (AvgIpc) is 3.04. The minimum atomic E-state index is -0.849. The second kappa shape index (κ2) is 8.35. The molecule has 7 nitrogen and oxygen atoms in total. The van der Waals surface area contributed by atoms with Crippen molar-refractivity contribution in [1.82, 2.24) is 9.55 Å². The molecule has 0 radical (unpaired) electrons. The van der Waals surface area contributed by atoms with Crippen LogP contribution in [0.15, 0.2) is 41.5 Å². The van der Waals surface area contributed by atoms with Crippen LogP contribution in [0.3, 0.4) is 0 Å². The van der Waals surface area contributed by atoms with Gasteiger partial charge in [-0.15, -0.1) is 11.3 Å². The molecule has 1 aromatic carbocycles. The minimum absolute atomic E-state index is 0.124. The number of esters is 2. The second-order valence-corrected chi connectivity index (χ2v) is 7.18. The molecule has 8 heteroatoms. The largest absolute Gasteiger partial charge is 0.462 e. The van der Waals surface area contributed by atoms with Gasteiger partial charge in [-0.25, -0.2) is 14.6 Å². The highest BCUT2D eigenvalue weighted by Crippen LogP contribution is 2.27. The normalized spacial score (nSPS) is 12.0. The molecule has 0 saturated heterocycles. The van der Waals surface area contributed by atoms with Gasteiger partial charge < -0.3 is 9.47 Å². The first-order valence-electron chi connectivity index (χ1n) is 8.82. The maximum atomic E-state index is 12.9. The summed E-state index contributed by atoms with van der Waals surface area (Å²) in [7, 11) is 0. The number of hydrogen-bond acceptors (Lipinski definition) is 7. The van der Waals surface area contributed by atoms with E-state index in [0.29, 0.717) is 20.7 Å². The van der Waals surface area contributed by atoms with E-state index < -0.39 is 23.5 Å². The average molecular weight is 400 g/mol. The summed E-state index contributed by atoms with van der Waals surface area (Å²) in [6, 6.07) is 8.44. The van der Waals surface area contributed by atoms with Gasteiger partial charge in [0.05, 0.1) is 18.3 Å². The van der Waals surface area contributed by atoms with Gasteiger partial charge in [0.15, 0.2) is 0 Å². The monoisotopic (exact) mass is 400 g/mol. The van der Waals surface area contributed by atoms with Crippen molar-refractivity contribution in [2.45, 2.75) is 33.4 Å². The van der Waals surface area contributed by atoms with E-state index in [-0.39, 0.29) is 13.2 Å². The van der Waals surface area contributed by atoms with Crippen LogP contribution in [-0.4, -0.2) is 28.1 Å². The van der Waals surface area contributed by atoms with Gasteiger partial charge in [-0.2, -0.15) is 0 Å². The first-order valence-corrected chi connectivity index (χ1v) is 9.63. The van der Waals surface area contributed by atoms with Crippen molar-refractivity contribution in [3.63, 3.8) is 0 Å². The maximum absolute atomic E-state index is 12.9. The van der Waals surface area contributed by atoms with Gasteiger partial charge in [0.25, 0.3) is 5.56 Å². The smallest absolute Gasteiger partial charge is 0.348 e. The van der Waals surface area contributed by atoms with E-state index in [4.69, 9.17) is 9.47 Å². The van der Waals surface area contributed by atoms with E-state index >= 15 is 0 Å². The van der Waals surface area contributed by atoms with E-state index in [1.807, 2.05) is 30.3 Å². The number of nitrogens with zero attached hydrogens (tertiary/aromatic N) is 2. The molecule has 2 aromatic heterocycles. The highest BCUT2D eigenvalue weighted by atomic mass is 32.1. The summed E-state index contributed by atoms with van der Waals surface area (Å²) in [6.07, 6.45) is 1.31. The quantitative estimate of drug-likeness (QED) is 0.590. The van der Waals surface area contributed by atoms with Crippen molar-refractivity contribution in [2.24, 2.45) is 0 Å². The van der Waals surface area contributed by atoms with Crippen molar-refractivity contribution < 1.29 is 19.1 Å². The summed E-state index contributed by atoms with van der Waals surface area (Å²) < 4.78 is 11.6. The third-order valence-corrected chi connectivity index (χ3v) is 5.50. The number of fused-ring (bicyclic) bond motifs is 1. The summed E-state index contributed by atoms with van der Waals surface area (Å²) in [5, 5.41) is 0.318. The molecule has 0 fully saturated rings. The SMILES string of the molecule is CCOC(=O)c1sc2ncn(C(C)C(=O)OCc3ccccc3)c(=O)c2c1C. The minimum Gasteiger partial charge on any atom is -0.462 e. The van der Waals surface area contributed by atoms with Crippen LogP contribution in [0.4, 0.5) is 0 Å². The third kappa shape index (κ3) is 3.82. The zero-order valence-corrected chi connectivity index (χ0v) is 16.6. The van der Waals surface area contributed by atoms with Crippen molar-refractivity contribution in [3.05, 3.63) is 63.0 Å². The van der Waals surface area contributed by atoms with Gasteiger partial charge in [0.1, 0.15) is 22.4 Å². The van der Waals surface area contributed by atoms with Gasteiger partial charge in [-0.3, -0.25) is 9.36 Å². The van der Waals surface area contributed by atoms with Crippen molar-refractivity contribution >= 4 is 33.5 Å². The lowest BCUT2D eigenvalue weighted by molar-refractivity contribution is -0.148. The Morgan fingerprint density at radius 2 is 1.93 bits per heavy atom. The van der Waals surface area contributed by atoms with Gasteiger partial charge in [-0.05, 0) is 31.9 Å². The molecule has 2 heterocycles. The predicted octanol–water partition coefficient (Wildman–Crippen LogP) is 3.25. The Hall–Kier alpha value is -3.00. The molecule has 146 valence electrons. The number of carbonyl (C=O) groups is 2. The Labute approximate surface area is 165 Å². The van der Waals surface area contributed by atoms with Crippen LogP contribution in [-0.2, 0) is 20.9 Å². The third-order valence-electron chi connectivity index (χ3n) is 4.32. The first-order chi connectivity index (χ1) is 13.4. The summed E-state index contributed by atoms with van der Waals surface area (Å²) in [6.45, 7) is 5.34. The number of hydrogen-bond donors (Lipinski definition) is 0. The zero-order chi connectivity index (χ0) is 20.3. The fraction of sp³-hybridized carbons (Fsp3) is 0.300. The predicted molar refractivity (Wildman–Crippen MR) is 106 cm³/mol. The van der Waals surface area contributed by atoms with Crippen LogP contribution in [0, 0.1) is 6.92 Å². The first kappa shape index (κ1) is 19.8. The van der Waals surface area contributed by atoms with E-state index in [2.05, 4.69) is 4.98 Å². The number of benzene rings is 1. The van der Waals surface area contributed by atoms with Crippen LogP contribution >= 0.6 is 11.3 Å². The number of ether oxygens (including phenoxy) is 2. The van der Waals surface area contributed by atoms with Crippen LogP contribution in [0.25, 0.3) is 10.2 Å². The Bertz CT molecular complexity index is 1070. The number of aryl methyl sites for hydroxylation is 1. The molecule has 3 rings (SSSR count). The number of rotatable bonds is 6. The van der Waals surface area contributed by atoms with Crippen LogP contribution in [0.1, 0.15) is 40.7 Å². The maximum Gasteiger partial charge on any atom is 0.348 e. The fourth-order valence-corrected chi connectivity index (χ4v) is 3.80. The summed E-state index contributed by atoms with van der Waals surface area (Å²) >= 11 is 1.11. The van der Waals surface area contributed by atoms with E-state index in [1.54, 1.807) is 20.8 Å². The Balaban J connectivity index is 1.87. The molecule has 3 aromatic rings. The van der Waals surface area contributed by atoms with Crippen molar-refractivity contribution in [3.8, 4) is 0 Å². The molecule has 0 bridgehead atoms. The van der Waals surface area contributed by atoms with Gasteiger partial charge in [-0.1, -0.05) is 30.3 Å². The standard InChI is InChI=1S/C20H20N2O5S/c1-4-26-20(25)16-12(2)15-17(28-16)21-11-22(18(15)23)13(3)19(24)27-10-14-8-6-5-7-9-14/h5-9,11,13H,4,10H2,1-3H3. The molecule has 1 unspecified atom stereocenters. The fourth-order valence-electron chi connectivity index (χ4n) is 2.77. The molecule has 28 heavy (non-hydrogen) atoms. The molecule has 0 aliphatic heterocycles.